The lowest BCUT2D eigenvalue weighted by Gasteiger charge is -2.10. The Morgan fingerprint density at radius 1 is 1.17 bits per heavy atom. The van der Waals surface area contributed by atoms with Gasteiger partial charge in [-0.15, -0.1) is 0 Å². The fourth-order valence-electron chi connectivity index (χ4n) is 3.27. The first-order valence-electron chi connectivity index (χ1n) is 9.38. The summed E-state index contributed by atoms with van der Waals surface area (Å²) in [6.07, 6.45) is 5.94. The predicted molar refractivity (Wildman–Crippen MR) is 117 cm³/mol. The van der Waals surface area contributed by atoms with E-state index >= 15 is 0 Å². The third-order valence-electron chi connectivity index (χ3n) is 4.76. The number of H-pyrrole nitrogens is 1. The van der Waals surface area contributed by atoms with Gasteiger partial charge in [0, 0.05) is 23.8 Å². The standard InChI is InChI=1S/C22H21N5OS/c1-3-20-19(14-24-27(20)17-9-7-15(2)8-10-17)21(28)25-16-5-4-6-18(13-16)26-12-11-23-22(26)29/h4-14H,3H2,1-2H3,(H,23,29)(H,25,28). The number of nitrogens with one attached hydrogen (secondary N) is 2. The van der Waals surface area contributed by atoms with Gasteiger partial charge in [-0.05, 0) is 55.9 Å². The highest BCUT2D eigenvalue weighted by Crippen LogP contribution is 2.20. The third-order valence-corrected chi connectivity index (χ3v) is 5.07. The van der Waals surface area contributed by atoms with Crippen molar-refractivity contribution in [1.29, 1.82) is 0 Å². The molecule has 7 heteroatoms. The number of hydrogen-bond acceptors (Lipinski definition) is 3. The maximum atomic E-state index is 13.0. The average molecular weight is 404 g/mol. The fraction of sp³-hybridized carbons (Fsp3) is 0.136. The molecule has 4 aromatic rings. The maximum Gasteiger partial charge on any atom is 0.259 e. The van der Waals surface area contributed by atoms with Crippen molar-refractivity contribution in [3.8, 4) is 11.4 Å². The van der Waals surface area contributed by atoms with Gasteiger partial charge in [-0.25, -0.2) is 4.68 Å². The molecule has 0 aliphatic heterocycles. The Morgan fingerprint density at radius 2 is 1.97 bits per heavy atom. The minimum Gasteiger partial charge on any atom is -0.337 e. The van der Waals surface area contributed by atoms with Gasteiger partial charge in [-0.2, -0.15) is 5.10 Å². The first-order chi connectivity index (χ1) is 14.1. The predicted octanol–water partition coefficient (Wildman–Crippen LogP) is 4.84. The second-order valence-electron chi connectivity index (χ2n) is 6.75. The Balaban J connectivity index is 1.62. The second kappa shape index (κ2) is 7.89. The van der Waals surface area contributed by atoms with Gasteiger partial charge in [-0.1, -0.05) is 30.7 Å². The largest absolute Gasteiger partial charge is 0.337 e. The van der Waals surface area contributed by atoms with E-state index in [9.17, 15) is 4.79 Å². The van der Waals surface area contributed by atoms with Gasteiger partial charge in [0.25, 0.3) is 5.91 Å². The summed E-state index contributed by atoms with van der Waals surface area (Å²) in [5.41, 5.74) is 5.13. The molecule has 1 amide bonds. The molecule has 2 heterocycles. The van der Waals surface area contributed by atoms with Gasteiger partial charge in [0.1, 0.15) is 0 Å². The Morgan fingerprint density at radius 3 is 2.66 bits per heavy atom. The molecule has 6 nitrogen and oxygen atoms in total. The van der Waals surface area contributed by atoms with Crippen LogP contribution in [0.25, 0.3) is 11.4 Å². The molecular weight excluding hydrogens is 382 g/mol. The summed E-state index contributed by atoms with van der Waals surface area (Å²) in [5.74, 6) is -0.185. The first-order valence-corrected chi connectivity index (χ1v) is 9.79. The molecule has 0 unspecified atom stereocenters. The van der Waals surface area contributed by atoms with E-state index in [0.717, 1.165) is 17.1 Å². The van der Waals surface area contributed by atoms with Crippen LogP contribution in [-0.4, -0.2) is 25.2 Å². The molecule has 0 spiro atoms. The van der Waals surface area contributed by atoms with Crippen LogP contribution in [-0.2, 0) is 6.42 Å². The number of carbonyl (C=O) groups excluding carboxylic acids is 1. The Hall–Kier alpha value is -3.45. The first kappa shape index (κ1) is 18.9. The summed E-state index contributed by atoms with van der Waals surface area (Å²) < 4.78 is 4.27. The monoisotopic (exact) mass is 403 g/mol. The van der Waals surface area contributed by atoms with Crippen LogP contribution in [0.2, 0.25) is 0 Å². The third kappa shape index (κ3) is 3.77. The van der Waals surface area contributed by atoms with Gasteiger partial charge in [0.2, 0.25) is 0 Å². The number of hydrogen-bond donors (Lipinski definition) is 2. The van der Waals surface area contributed by atoms with Crippen molar-refractivity contribution in [2.24, 2.45) is 0 Å². The molecule has 0 atom stereocenters. The number of aromatic nitrogens is 4. The molecule has 146 valence electrons. The van der Waals surface area contributed by atoms with Crippen LogP contribution < -0.4 is 5.32 Å². The lowest BCUT2D eigenvalue weighted by atomic mass is 10.1. The summed E-state index contributed by atoms with van der Waals surface area (Å²) in [5, 5.41) is 7.43. The summed E-state index contributed by atoms with van der Waals surface area (Å²) >= 11 is 5.27. The Bertz CT molecular complexity index is 1220. The highest BCUT2D eigenvalue weighted by molar-refractivity contribution is 7.71. The van der Waals surface area contributed by atoms with Crippen molar-refractivity contribution >= 4 is 23.8 Å². The second-order valence-corrected chi connectivity index (χ2v) is 7.13. The summed E-state index contributed by atoms with van der Waals surface area (Å²) in [6.45, 7) is 4.06. The van der Waals surface area contributed by atoms with Crippen molar-refractivity contribution in [3.05, 3.63) is 88.7 Å². The van der Waals surface area contributed by atoms with E-state index in [-0.39, 0.29) is 5.91 Å². The van der Waals surface area contributed by atoms with E-state index in [2.05, 4.69) is 15.4 Å². The fourth-order valence-corrected chi connectivity index (χ4v) is 3.50. The number of nitrogens with zero attached hydrogens (tertiary/aromatic N) is 3. The van der Waals surface area contributed by atoms with Crippen LogP contribution in [0.5, 0.6) is 0 Å². The molecule has 0 radical (unpaired) electrons. The molecular formula is C22H21N5OS. The zero-order chi connectivity index (χ0) is 20.4. The van der Waals surface area contributed by atoms with E-state index in [0.29, 0.717) is 22.4 Å². The van der Waals surface area contributed by atoms with Crippen molar-refractivity contribution in [1.82, 2.24) is 19.3 Å². The molecule has 4 rings (SSSR count). The number of rotatable bonds is 5. The van der Waals surface area contributed by atoms with Gasteiger partial charge >= 0.3 is 0 Å². The molecule has 2 aromatic carbocycles. The minimum absolute atomic E-state index is 0.185. The molecule has 29 heavy (non-hydrogen) atoms. The van der Waals surface area contributed by atoms with E-state index < -0.39 is 0 Å². The number of amides is 1. The van der Waals surface area contributed by atoms with Crippen molar-refractivity contribution in [3.63, 3.8) is 0 Å². The maximum absolute atomic E-state index is 13.0. The molecule has 0 aliphatic rings. The van der Waals surface area contributed by atoms with Crippen molar-refractivity contribution < 1.29 is 4.79 Å². The molecule has 0 saturated carbocycles. The number of aromatic amines is 1. The Labute approximate surface area is 173 Å². The van der Waals surface area contributed by atoms with E-state index in [4.69, 9.17) is 12.2 Å². The number of imidazole rings is 1. The summed E-state index contributed by atoms with van der Waals surface area (Å²) in [6, 6.07) is 15.6. The van der Waals surface area contributed by atoms with E-state index in [1.54, 1.807) is 12.4 Å². The lowest BCUT2D eigenvalue weighted by molar-refractivity contribution is 0.102. The van der Waals surface area contributed by atoms with E-state index in [1.807, 2.05) is 77.8 Å². The number of anilines is 1. The molecule has 0 fully saturated rings. The summed E-state index contributed by atoms with van der Waals surface area (Å²) in [4.78, 5) is 15.9. The van der Waals surface area contributed by atoms with Gasteiger partial charge in [0.05, 0.1) is 23.1 Å². The highest BCUT2D eigenvalue weighted by Gasteiger charge is 2.17. The van der Waals surface area contributed by atoms with Crippen LogP contribution >= 0.6 is 12.2 Å². The lowest BCUT2D eigenvalue weighted by Crippen LogP contribution is -2.14. The van der Waals surface area contributed by atoms with Crippen LogP contribution in [0, 0.1) is 11.7 Å². The van der Waals surface area contributed by atoms with E-state index in [1.165, 1.54) is 5.56 Å². The topological polar surface area (TPSA) is 67.6 Å². The van der Waals surface area contributed by atoms with Crippen molar-refractivity contribution in [2.45, 2.75) is 20.3 Å². The molecule has 2 aromatic heterocycles. The number of aryl methyl sites for hydroxylation is 1. The quantitative estimate of drug-likeness (QED) is 0.468. The SMILES string of the molecule is CCc1c(C(=O)Nc2cccc(-n3cc[nH]c3=S)c2)cnn1-c1ccc(C)cc1. The normalized spacial score (nSPS) is 10.8. The van der Waals surface area contributed by atoms with Crippen LogP contribution in [0.1, 0.15) is 28.5 Å². The van der Waals surface area contributed by atoms with Crippen LogP contribution in [0.3, 0.4) is 0 Å². The molecule has 0 aliphatic carbocycles. The van der Waals surface area contributed by atoms with Crippen LogP contribution in [0.15, 0.2) is 67.1 Å². The minimum atomic E-state index is -0.185. The van der Waals surface area contributed by atoms with Gasteiger partial charge in [-0.3, -0.25) is 9.36 Å². The molecule has 2 N–H and O–H groups in total. The molecule has 0 bridgehead atoms. The smallest absolute Gasteiger partial charge is 0.259 e. The zero-order valence-electron chi connectivity index (χ0n) is 16.2. The van der Waals surface area contributed by atoms with Gasteiger partial charge in [0.15, 0.2) is 4.77 Å². The molecule has 0 saturated heterocycles. The zero-order valence-corrected chi connectivity index (χ0v) is 17.0. The highest BCUT2D eigenvalue weighted by atomic mass is 32.1. The summed E-state index contributed by atoms with van der Waals surface area (Å²) in [7, 11) is 0. The van der Waals surface area contributed by atoms with Crippen molar-refractivity contribution in [2.75, 3.05) is 5.32 Å². The Kier molecular flexibility index (Phi) is 5.14. The van der Waals surface area contributed by atoms with Crippen LogP contribution in [0.4, 0.5) is 5.69 Å². The number of carbonyl (C=O) groups is 1. The van der Waals surface area contributed by atoms with Gasteiger partial charge < -0.3 is 10.3 Å². The number of benzene rings is 2. The average Bonchev–Trinajstić information content (AvgIpc) is 3.35.